The summed E-state index contributed by atoms with van der Waals surface area (Å²) in [5.74, 6) is 1.55. The van der Waals surface area contributed by atoms with Gasteiger partial charge in [0.25, 0.3) is 0 Å². The first-order valence-electron chi connectivity index (χ1n) is 10.7. The second-order valence-electron chi connectivity index (χ2n) is 8.10. The molecule has 164 valence electrons. The Hall–Kier alpha value is -3.23. The van der Waals surface area contributed by atoms with E-state index in [1.807, 2.05) is 48.5 Å². The Labute approximate surface area is 188 Å². The van der Waals surface area contributed by atoms with Crippen LogP contribution in [-0.4, -0.2) is 42.2 Å². The highest BCUT2D eigenvalue weighted by Crippen LogP contribution is 2.37. The van der Waals surface area contributed by atoms with E-state index in [-0.39, 0.29) is 0 Å². The molecule has 2 aliphatic rings. The molecule has 1 spiro atoms. The van der Waals surface area contributed by atoms with Gasteiger partial charge in [0.1, 0.15) is 5.84 Å². The molecule has 2 N–H and O–H groups in total. The van der Waals surface area contributed by atoms with Gasteiger partial charge in [0.2, 0.25) is 10.0 Å². The zero-order chi connectivity index (χ0) is 22.0. The van der Waals surface area contributed by atoms with Gasteiger partial charge in [0.15, 0.2) is 5.82 Å². The third kappa shape index (κ3) is 3.87. The number of amidine groups is 1. The van der Waals surface area contributed by atoms with Crippen LogP contribution in [0.5, 0.6) is 0 Å². The number of aliphatic imine (C=N–C) groups is 1. The number of benzene rings is 2. The summed E-state index contributed by atoms with van der Waals surface area (Å²) in [7, 11) is -3.52. The van der Waals surface area contributed by atoms with E-state index in [1.54, 1.807) is 34.8 Å². The van der Waals surface area contributed by atoms with Crippen LogP contribution in [-0.2, 0) is 16.6 Å². The molecular formula is C24H25N5O2S. The number of anilines is 2. The first kappa shape index (κ1) is 20.7. The predicted octanol–water partition coefficient (Wildman–Crippen LogP) is 3.74. The van der Waals surface area contributed by atoms with Crippen molar-refractivity contribution in [2.45, 2.75) is 29.8 Å². The normalized spacial score (nSPS) is 19.2. The Morgan fingerprint density at radius 1 is 0.938 bits per heavy atom. The van der Waals surface area contributed by atoms with Gasteiger partial charge in [-0.3, -0.25) is 4.99 Å². The summed E-state index contributed by atoms with van der Waals surface area (Å²) in [6.45, 7) is 1.36. The van der Waals surface area contributed by atoms with E-state index in [0.29, 0.717) is 37.4 Å². The number of aromatic nitrogens is 1. The maximum atomic E-state index is 13.1. The summed E-state index contributed by atoms with van der Waals surface area (Å²) in [4.78, 5) is 9.68. The maximum Gasteiger partial charge on any atom is 0.243 e. The van der Waals surface area contributed by atoms with E-state index in [9.17, 15) is 8.42 Å². The second-order valence-corrected chi connectivity index (χ2v) is 10.0. The zero-order valence-electron chi connectivity index (χ0n) is 17.6. The fourth-order valence-electron chi connectivity index (χ4n) is 4.31. The topological polar surface area (TPSA) is 86.7 Å². The van der Waals surface area contributed by atoms with Crippen LogP contribution in [0.1, 0.15) is 18.4 Å². The van der Waals surface area contributed by atoms with Gasteiger partial charge in [0.05, 0.1) is 22.7 Å². The Balaban J connectivity index is 1.42. The zero-order valence-corrected chi connectivity index (χ0v) is 18.4. The minimum atomic E-state index is -3.52. The van der Waals surface area contributed by atoms with Crippen LogP contribution < -0.4 is 10.6 Å². The lowest BCUT2D eigenvalue weighted by Gasteiger charge is -2.45. The molecule has 0 atom stereocenters. The summed E-state index contributed by atoms with van der Waals surface area (Å²) < 4.78 is 27.8. The molecule has 0 radical (unpaired) electrons. The summed E-state index contributed by atoms with van der Waals surface area (Å²) >= 11 is 0. The van der Waals surface area contributed by atoms with E-state index in [1.165, 1.54) is 0 Å². The number of pyridine rings is 1. The summed E-state index contributed by atoms with van der Waals surface area (Å²) in [6, 6.07) is 22.6. The molecule has 0 aliphatic carbocycles. The molecule has 1 fully saturated rings. The van der Waals surface area contributed by atoms with Gasteiger partial charge < -0.3 is 10.6 Å². The van der Waals surface area contributed by atoms with Gasteiger partial charge in [-0.2, -0.15) is 4.31 Å². The third-order valence-corrected chi connectivity index (χ3v) is 8.00. The van der Waals surface area contributed by atoms with Crippen molar-refractivity contribution in [1.29, 1.82) is 0 Å². The standard InChI is InChI=1S/C24H25N5O2S/c30-32(31,20-10-5-2-6-11-20)29-16-13-24(14-17-29)23(26-18-19-8-3-1-4-9-19)27-22-21(28-24)12-7-15-25-22/h1-12,15,28H,13-14,16-18H2,(H,25,26,27). The number of hydrogen-bond donors (Lipinski definition) is 2. The number of sulfonamides is 1. The molecule has 3 heterocycles. The Morgan fingerprint density at radius 2 is 1.62 bits per heavy atom. The van der Waals surface area contributed by atoms with Gasteiger partial charge in [-0.1, -0.05) is 48.5 Å². The Morgan fingerprint density at radius 3 is 2.34 bits per heavy atom. The summed E-state index contributed by atoms with van der Waals surface area (Å²) in [5, 5.41) is 7.05. The Bertz CT molecular complexity index is 1220. The molecule has 2 aromatic carbocycles. The van der Waals surface area contributed by atoms with Crippen LogP contribution in [0.25, 0.3) is 0 Å². The van der Waals surface area contributed by atoms with E-state index in [4.69, 9.17) is 4.99 Å². The van der Waals surface area contributed by atoms with Crippen LogP contribution in [0.4, 0.5) is 11.5 Å². The minimum absolute atomic E-state index is 0.332. The van der Waals surface area contributed by atoms with Gasteiger partial charge in [0, 0.05) is 19.3 Å². The number of hydrogen-bond acceptors (Lipinski definition) is 5. The molecular weight excluding hydrogens is 422 g/mol. The highest BCUT2D eigenvalue weighted by Gasteiger charge is 2.45. The van der Waals surface area contributed by atoms with Crippen molar-refractivity contribution in [3.05, 3.63) is 84.6 Å². The minimum Gasteiger partial charge on any atom is -0.370 e. The van der Waals surface area contributed by atoms with Crippen molar-refractivity contribution in [2.75, 3.05) is 23.7 Å². The van der Waals surface area contributed by atoms with Gasteiger partial charge in [-0.25, -0.2) is 13.4 Å². The quantitative estimate of drug-likeness (QED) is 0.636. The van der Waals surface area contributed by atoms with Gasteiger partial charge >= 0.3 is 0 Å². The van der Waals surface area contributed by atoms with Crippen LogP contribution in [0, 0.1) is 0 Å². The molecule has 2 aliphatic heterocycles. The molecule has 0 bridgehead atoms. The van der Waals surface area contributed by atoms with Crippen LogP contribution >= 0.6 is 0 Å². The molecule has 3 aromatic rings. The largest absolute Gasteiger partial charge is 0.370 e. The molecule has 32 heavy (non-hydrogen) atoms. The summed E-state index contributed by atoms with van der Waals surface area (Å²) in [5.41, 5.74) is 1.56. The third-order valence-electron chi connectivity index (χ3n) is 6.09. The Kier molecular flexibility index (Phi) is 5.40. The lowest BCUT2D eigenvalue weighted by atomic mass is 9.85. The van der Waals surface area contributed by atoms with Gasteiger partial charge in [-0.05, 0) is 42.7 Å². The average molecular weight is 448 g/mol. The highest BCUT2D eigenvalue weighted by molar-refractivity contribution is 7.89. The molecule has 7 nitrogen and oxygen atoms in total. The van der Waals surface area contributed by atoms with Crippen LogP contribution in [0.15, 0.2) is 88.9 Å². The molecule has 1 aromatic heterocycles. The van der Waals surface area contributed by atoms with Crippen molar-refractivity contribution in [1.82, 2.24) is 9.29 Å². The number of fused-ring (bicyclic) bond motifs is 1. The van der Waals surface area contributed by atoms with E-state index in [0.717, 1.165) is 22.9 Å². The fraction of sp³-hybridized carbons (Fsp3) is 0.250. The average Bonchev–Trinajstić information content (AvgIpc) is 2.84. The number of nitrogens with one attached hydrogen (secondary N) is 2. The fourth-order valence-corrected chi connectivity index (χ4v) is 5.77. The second kappa shape index (κ2) is 8.37. The highest BCUT2D eigenvalue weighted by atomic mass is 32.2. The summed E-state index contributed by atoms with van der Waals surface area (Å²) in [6.07, 6.45) is 2.96. The predicted molar refractivity (Wildman–Crippen MR) is 126 cm³/mol. The van der Waals surface area contributed by atoms with Crippen molar-refractivity contribution in [3.63, 3.8) is 0 Å². The molecule has 1 saturated heterocycles. The lowest BCUT2D eigenvalue weighted by Crippen LogP contribution is -2.59. The smallest absolute Gasteiger partial charge is 0.243 e. The SMILES string of the molecule is O=S(=O)(c1ccccc1)N1CCC2(CC1)Nc1cccnc1NC2=NCc1ccccc1. The molecule has 5 rings (SSSR count). The lowest BCUT2D eigenvalue weighted by molar-refractivity contribution is 0.299. The van der Waals surface area contributed by atoms with Crippen molar-refractivity contribution in [2.24, 2.45) is 4.99 Å². The number of nitrogens with zero attached hydrogens (tertiary/aromatic N) is 3. The van der Waals surface area contributed by atoms with Gasteiger partial charge in [-0.15, -0.1) is 0 Å². The van der Waals surface area contributed by atoms with Crippen molar-refractivity contribution in [3.8, 4) is 0 Å². The van der Waals surface area contributed by atoms with Crippen molar-refractivity contribution >= 4 is 27.4 Å². The molecule has 8 heteroatoms. The molecule has 0 saturated carbocycles. The van der Waals surface area contributed by atoms with E-state index < -0.39 is 15.6 Å². The van der Waals surface area contributed by atoms with Crippen LogP contribution in [0.3, 0.4) is 0 Å². The first-order valence-corrected chi connectivity index (χ1v) is 12.2. The molecule has 0 amide bonds. The molecule has 0 unspecified atom stereocenters. The monoisotopic (exact) mass is 447 g/mol. The number of rotatable bonds is 4. The first-order chi connectivity index (χ1) is 15.6. The maximum absolute atomic E-state index is 13.1. The van der Waals surface area contributed by atoms with Crippen LogP contribution in [0.2, 0.25) is 0 Å². The number of piperidine rings is 1. The van der Waals surface area contributed by atoms with E-state index in [2.05, 4.69) is 15.6 Å². The van der Waals surface area contributed by atoms with Crippen molar-refractivity contribution < 1.29 is 8.42 Å². The van der Waals surface area contributed by atoms with E-state index >= 15 is 0 Å².